The molecule has 2 atom stereocenters. The van der Waals surface area contributed by atoms with Crippen molar-refractivity contribution in [3.05, 3.63) is 146 Å². The third kappa shape index (κ3) is 82.8. The maximum absolute atomic E-state index is 12.9. The lowest BCUT2D eigenvalue weighted by molar-refractivity contribution is -0.870. The second-order valence-corrected chi connectivity index (χ2v) is 30.1. The molecule has 0 fully saturated rings. The van der Waals surface area contributed by atoms with Gasteiger partial charge in [0.1, 0.15) is 19.8 Å². The van der Waals surface area contributed by atoms with E-state index in [0.717, 1.165) is 116 Å². The Bertz CT molecular complexity index is 2210. The molecule has 100 heavy (non-hydrogen) atoms. The van der Waals surface area contributed by atoms with E-state index in [4.69, 9.17) is 18.5 Å². The summed E-state index contributed by atoms with van der Waals surface area (Å²) in [6, 6.07) is 0. The molecule has 0 aromatic heterocycles. The highest BCUT2D eigenvalue weighted by atomic mass is 31.2. The molecule has 0 spiro atoms. The van der Waals surface area contributed by atoms with E-state index in [0.29, 0.717) is 17.4 Å². The minimum Gasteiger partial charge on any atom is -0.756 e. The molecule has 0 bridgehead atoms. The molecule has 0 N–H and O–H groups in total. The van der Waals surface area contributed by atoms with Gasteiger partial charge in [0.2, 0.25) is 0 Å². The van der Waals surface area contributed by atoms with Crippen molar-refractivity contribution in [1.29, 1.82) is 0 Å². The number of hydrogen-bond donors (Lipinski definition) is 0. The third-order valence-electron chi connectivity index (χ3n) is 17.9. The lowest BCUT2D eigenvalue weighted by Crippen LogP contribution is -2.37. The molecular weight excluding hydrogens is 1250 g/mol. The van der Waals surface area contributed by atoms with Gasteiger partial charge in [-0.15, -0.1) is 0 Å². The van der Waals surface area contributed by atoms with Gasteiger partial charge in [0.25, 0.3) is 7.82 Å². The van der Waals surface area contributed by atoms with E-state index in [1.54, 1.807) is 0 Å². The van der Waals surface area contributed by atoms with Gasteiger partial charge in [-0.2, -0.15) is 0 Å². The van der Waals surface area contributed by atoms with Gasteiger partial charge in [-0.1, -0.05) is 378 Å². The summed E-state index contributed by atoms with van der Waals surface area (Å²) in [4.78, 5) is 38.2. The summed E-state index contributed by atoms with van der Waals surface area (Å²) in [5.74, 6) is -0.826. The molecule has 10 heteroatoms. The second kappa shape index (κ2) is 79.0. The first-order valence-corrected chi connectivity index (χ1v) is 43.0. The van der Waals surface area contributed by atoms with Gasteiger partial charge in [0.05, 0.1) is 27.7 Å². The Morgan fingerprint density at radius 1 is 0.310 bits per heavy atom. The highest BCUT2D eigenvalue weighted by Crippen LogP contribution is 2.38. The lowest BCUT2D eigenvalue weighted by atomic mass is 10.0. The fourth-order valence-electron chi connectivity index (χ4n) is 11.6. The number of unbranched alkanes of at least 4 members (excludes halogenated alkanes) is 38. The van der Waals surface area contributed by atoms with E-state index in [-0.39, 0.29) is 32.0 Å². The number of nitrogens with zero attached hydrogens (tertiary/aromatic N) is 1. The maximum Gasteiger partial charge on any atom is 0.306 e. The van der Waals surface area contributed by atoms with Crippen LogP contribution in [0, 0.1) is 0 Å². The molecule has 9 nitrogen and oxygen atoms in total. The Labute approximate surface area is 618 Å². The summed E-state index contributed by atoms with van der Waals surface area (Å²) in [5, 5.41) is 0. The molecule has 0 aliphatic rings. The van der Waals surface area contributed by atoms with E-state index in [1.165, 1.54) is 212 Å². The van der Waals surface area contributed by atoms with Crippen LogP contribution in [0.3, 0.4) is 0 Å². The van der Waals surface area contributed by atoms with Crippen molar-refractivity contribution in [1.82, 2.24) is 0 Å². The number of rotatable bonds is 76. The Morgan fingerprint density at radius 3 is 0.800 bits per heavy atom. The minimum atomic E-state index is -4.65. The summed E-state index contributed by atoms with van der Waals surface area (Å²) >= 11 is 0. The van der Waals surface area contributed by atoms with E-state index >= 15 is 0 Å². The van der Waals surface area contributed by atoms with Crippen LogP contribution in [0.5, 0.6) is 0 Å². The van der Waals surface area contributed by atoms with Gasteiger partial charge in [-0.05, 0) is 116 Å². The summed E-state index contributed by atoms with van der Waals surface area (Å²) < 4.78 is 34.4. The molecule has 0 saturated heterocycles. The van der Waals surface area contributed by atoms with Crippen LogP contribution in [-0.4, -0.2) is 70.0 Å². The van der Waals surface area contributed by atoms with Crippen molar-refractivity contribution >= 4 is 19.8 Å². The molecular formula is C90H156NO8P. The fourth-order valence-corrected chi connectivity index (χ4v) is 12.3. The number of likely N-dealkylation sites (N-methyl/N-ethyl adjacent to an activating group) is 1. The van der Waals surface area contributed by atoms with Crippen LogP contribution in [0.25, 0.3) is 0 Å². The van der Waals surface area contributed by atoms with Gasteiger partial charge in [0, 0.05) is 12.8 Å². The van der Waals surface area contributed by atoms with E-state index in [1.807, 2.05) is 21.1 Å². The highest BCUT2D eigenvalue weighted by Gasteiger charge is 2.22. The number of carbonyl (C=O) groups excluding carboxylic acids is 2. The molecule has 574 valence electrons. The summed E-state index contributed by atoms with van der Waals surface area (Å²) in [7, 11) is 1.17. The van der Waals surface area contributed by atoms with E-state index in [9.17, 15) is 19.0 Å². The first-order valence-electron chi connectivity index (χ1n) is 41.5. The molecule has 0 rings (SSSR count). The number of phosphoric ester groups is 1. The van der Waals surface area contributed by atoms with Gasteiger partial charge >= 0.3 is 11.9 Å². The van der Waals surface area contributed by atoms with Crippen LogP contribution in [-0.2, 0) is 32.7 Å². The van der Waals surface area contributed by atoms with Crippen LogP contribution in [0.2, 0.25) is 0 Å². The van der Waals surface area contributed by atoms with Crippen LogP contribution < -0.4 is 4.89 Å². The molecule has 0 radical (unpaired) electrons. The Hall–Kier alpha value is -4.11. The first-order chi connectivity index (χ1) is 49.0. The van der Waals surface area contributed by atoms with Crippen molar-refractivity contribution in [2.24, 2.45) is 0 Å². The monoisotopic (exact) mass is 1410 g/mol. The van der Waals surface area contributed by atoms with Crippen LogP contribution in [0.15, 0.2) is 146 Å². The summed E-state index contributed by atoms with van der Waals surface area (Å²) in [6.45, 7) is 4.04. The van der Waals surface area contributed by atoms with Crippen molar-refractivity contribution in [2.45, 2.75) is 367 Å². The SMILES string of the molecule is CC/C=C\C/C=C\C/C=C\C/C=C\C/C=C\C/C=C\C/C=C\C/C=C\CCCCCCCCCCCCCCC(=O)OC(COC(=O)CCCCCCCCCCCCCCCCCCCCCCCCCCCC/C=C\C/C=C\C/C=C\C/C=C\CC)COP(=O)([O-])OCC[N+](C)(C)C. The van der Waals surface area contributed by atoms with E-state index < -0.39 is 26.5 Å². The number of phosphoric acid groups is 1. The number of quaternary nitrogens is 1. The Morgan fingerprint density at radius 2 is 0.540 bits per heavy atom. The Kier molecular flexibility index (Phi) is 75.8. The maximum atomic E-state index is 12.9. The van der Waals surface area contributed by atoms with Crippen molar-refractivity contribution in [3.8, 4) is 0 Å². The number of carbonyl (C=O) groups is 2. The molecule has 0 aromatic rings. The van der Waals surface area contributed by atoms with E-state index in [2.05, 4.69) is 160 Å². The average Bonchev–Trinajstić information content (AvgIpc) is 1.02. The number of allylic oxidation sites excluding steroid dienone is 24. The quantitative estimate of drug-likeness (QED) is 0.0195. The van der Waals surface area contributed by atoms with Gasteiger partial charge < -0.3 is 27.9 Å². The zero-order valence-electron chi connectivity index (χ0n) is 65.6. The highest BCUT2D eigenvalue weighted by molar-refractivity contribution is 7.45. The number of hydrogen-bond acceptors (Lipinski definition) is 8. The minimum absolute atomic E-state index is 0.0346. The summed E-state index contributed by atoms with van der Waals surface area (Å²) in [5.41, 5.74) is 0. The van der Waals surface area contributed by atoms with Crippen molar-refractivity contribution in [3.63, 3.8) is 0 Å². The predicted octanol–water partition coefficient (Wildman–Crippen LogP) is 27.4. The first kappa shape index (κ1) is 95.9. The molecule has 0 aliphatic carbocycles. The molecule has 0 saturated carbocycles. The standard InChI is InChI=1S/C90H156NO8P/c1-6-8-10-12-14-16-18-20-22-24-26-28-30-32-34-36-38-40-42-44-45-47-48-50-52-54-56-58-60-62-64-66-68-70-72-74-76-78-80-82-89(92)96-86-88(87-98-100(94,95)97-85-84-91(3,4)5)99-90(93)83-81-79-77-75-73-71-69-67-65-63-61-59-57-55-53-51-49-46-43-41-39-37-35-33-31-29-27-25-23-21-19-17-15-13-11-9-7-2/h8-11,14-17,20-23,26-29,33,35,39,41,46,49,53,55,88H,6-7,12-13,18-19,24-25,30-32,34,36-38,40,42-45,47-48,50-52,54,56-87H2,1-5H3/b10-8-,11-9-,16-14-,17-15-,22-20-,23-21-,28-26-,29-27-,35-33-,41-39-,49-46-,55-53-. The van der Waals surface area contributed by atoms with Gasteiger partial charge in [-0.3, -0.25) is 14.2 Å². The van der Waals surface area contributed by atoms with Gasteiger partial charge in [0.15, 0.2) is 6.10 Å². The topological polar surface area (TPSA) is 111 Å². The third-order valence-corrected chi connectivity index (χ3v) is 18.8. The fraction of sp³-hybridized carbons (Fsp3) is 0.711. The predicted molar refractivity (Wildman–Crippen MR) is 434 cm³/mol. The summed E-state index contributed by atoms with van der Waals surface area (Å²) in [6.07, 6.45) is 117. The smallest absolute Gasteiger partial charge is 0.306 e. The van der Waals surface area contributed by atoms with Crippen molar-refractivity contribution in [2.75, 3.05) is 47.5 Å². The zero-order chi connectivity index (χ0) is 72.5. The zero-order valence-corrected chi connectivity index (χ0v) is 66.5. The largest absolute Gasteiger partial charge is 0.756 e. The number of esters is 2. The van der Waals surface area contributed by atoms with Crippen LogP contribution in [0.4, 0.5) is 0 Å². The lowest BCUT2D eigenvalue weighted by Gasteiger charge is -2.28. The molecule has 0 amide bonds. The van der Waals surface area contributed by atoms with Crippen LogP contribution >= 0.6 is 7.82 Å². The number of ether oxygens (including phenoxy) is 2. The molecule has 0 aromatic carbocycles. The van der Waals surface area contributed by atoms with Crippen LogP contribution in [0.1, 0.15) is 361 Å². The normalized spacial score (nSPS) is 13.8. The van der Waals surface area contributed by atoms with Crippen molar-refractivity contribution < 1.29 is 42.1 Å². The Balaban J connectivity index is 3.95. The molecule has 0 aliphatic heterocycles. The van der Waals surface area contributed by atoms with Gasteiger partial charge in [-0.25, -0.2) is 0 Å². The average molecular weight is 1410 g/mol. The molecule has 0 heterocycles. The second-order valence-electron chi connectivity index (χ2n) is 28.7. The molecule has 2 unspecified atom stereocenters.